The summed E-state index contributed by atoms with van der Waals surface area (Å²) in [5.74, 6) is 2.66. The van der Waals surface area contributed by atoms with Gasteiger partial charge in [-0.3, -0.25) is 0 Å². The van der Waals surface area contributed by atoms with Crippen molar-refractivity contribution in [2.75, 3.05) is 4.90 Å². The fourth-order valence-electron chi connectivity index (χ4n) is 11.7. The van der Waals surface area contributed by atoms with Gasteiger partial charge in [-0.15, -0.1) is 0 Å². The lowest BCUT2D eigenvalue weighted by molar-refractivity contribution is 0.296. The molecule has 0 radical (unpaired) electrons. The summed E-state index contributed by atoms with van der Waals surface area (Å²) in [6.45, 7) is 0. The van der Waals surface area contributed by atoms with Crippen molar-refractivity contribution in [1.82, 2.24) is 10.2 Å². The van der Waals surface area contributed by atoms with Gasteiger partial charge < -0.3 is 15.1 Å². The number of benzene rings is 5. The van der Waals surface area contributed by atoms with Gasteiger partial charge in [-0.05, 0) is 106 Å². The van der Waals surface area contributed by atoms with E-state index in [9.17, 15) is 0 Å². The number of aliphatic imine (C=N–C) groups is 2. The average Bonchev–Trinajstić information content (AvgIpc) is 3.87. The van der Waals surface area contributed by atoms with Crippen LogP contribution in [-0.2, 0) is 0 Å². The minimum absolute atomic E-state index is 0.204. The third kappa shape index (κ3) is 6.12. The van der Waals surface area contributed by atoms with Crippen molar-refractivity contribution in [3.05, 3.63) is 245 Å². The van der Waals surface area contributed by atoms with Crippen LogP contribution in [0.15, 0.2) is 238 Å². The number of nitrogens with one attached hydrogen (secondary N) is 1. The largest absolute Gasteiger partial charge is 0.344 e. The molecule has 5 aliphatic carbocycles. The van der Waals surface area contributed by atoms with E-state index in [1.807, 2.05) is 0 Å². The molecule has 5 aromatic carbocycles. The van der Waals surface area contributed by atoms with Crippen LogP contribution in [-0.4, -0.2) is 28.7 Å². The lowest BCUT2D eigenvalue weighted by atomic mass is 9.77. The van der Waals surface area contributed by atoms with E-state index in [1.54, 1.807) is 0 Å². The molecule has 0 saturated carbocycles. The van der Waals surface area contributed by atoms with E-state index in [0.29, 0.717) is 23.8 Å². The van der Waals surface area contributed by atoms with Gasteiger partial charge >= 0.3 is 0 Å². The first-order valence-electron chi connectivity index (χ1n) is 23.2. The first kappa shape index (κ1) is 37.3. The molecule has 3 aliphatic heterocycles. The van der Waals surface area contributed by atoms with Crippen LogP contribution in [0.5, 0.6) is 0 Å². The second-order valence-corrected chi connectivity index (χ2v) is 18.3. The third-order valence-corrected chi connectivity index (χ3v) is 14.7. The molecule has 1 saturated heterocycles. The Bertz CT molecular complexity index is 3100. The molecule has 5 nitrogen and oxygen atoms in total. The van der Waals surface area contributed by atoms with Crippen molar-refractivity contribution in [1.29, 1.82) is 0 Å². The summed E-state index contributed by atoms with van der Waals surface area (Å²) in [7, 11) is 0. The highest BCUT2D eigenvalue weighted by Gasteiger charge is 2.50. The predicted molar refractivity (Wildman–Crippen MR) is 263 cm³/mol. The molecule has 0 aromatic heterocycles. The fourth-order valence-corrected chi connectivity index (χ4v) is 11.7. The van der Waals surface area contributed by atoms with Gasteiger partial charge in [0.1, 0.15) is 12.0 Å². The van der Waals surface area contributed by atoms with Crippen LogP contribution in [0, 0.1) is 11.8 Å². The van der Waals surface area contributed by atoms with Crippen LogP contribution >= 0.6 is 0 Å². The smallest absolute Gasteiger partial charge is 0.159 e. The third-order valence-electron chi connectivity index (χ3n) is 14.7. The van der Waals surface area contributed by atoms with Crippen molar-refractivity contribution in [3.8, 4) is 11.1 Å². The first-order valence-corrected chi connectivity index (χ1v) is 23.2. The molecule has 3 heterocycles. The Morgan fingerprint density at radius 3 is 2.25 bits per heavy atom. The van der Waals surface area contributed by atoms with E-state index in [4.69, 9.17) is 9.98 Å². The quantitative estimate of drug-likeness (QED) is 0.173. The molecule has 64 heavy (non-hydrogen) atoms. The number of fused-ring (bicyclic) bond motifs is 8. The van der Waals surface area contributed by atoms with Gasteiger partial charge in [-0.1, -0.05) is 170 Å². The second kappa shape index (κ2) is 15.2. The van der Waals surface area contributed by atoms with E-state index in [-0.39, 0.29) is 12.2 Å². The van der Waals surface area contributed by atoms with E-state index < -0.39 is 0 Å². The average molecular weight is 828 g/mol. The number of likely N-dealkylation sites (tertiary alicyclic amines) is 1. The molecule has 5 aromatic rings. The summed E-state index contributed by atoms with van der Waals surface area (Å²) in [5, 5.41) is 6.38. The molecule has 0 spiro atoms. The zero-order valence-corrected chi connectivity index (χ0v) is 35.8. The number of nitrogens with zero attached hydrogens (tertiary/aromatic N) is 4. The van der Waals surface area contributed by atoms with Crippen LogP contribution in [0.3, 0.4) is 0 Å². The normalized spacial score (nSPS) is 26.1. The van der Waals surface area contributed by atoms with Crippen LogP contribution in [0.25, 0.3) is 21.9 Å². The van der Waals surface area contributed by atoms with Crippen LogP contribution in [0.2, 0.25) is 0 Å². The highest BCUT2D eigenvalue weighted by molar-refractivity contribution is 6.13. The lowest BCUT2D eigenvalue weighted by Crippen LogP contribution is -2.39. The summed E-state index contributed by atoms with van der Waals surface area (Å²) in [6, 6.07) is 44.2. The first-order chi connectivity index (χ1) is 31.7. The van der Waals surface area contributed by atoms with Gasteiger partial charge in [0.25, 0.3) is 0 Å². The van der Waals surface area contributed by atoms with E-state index in [0.717, 1.165) is 60.5 Å². The van der Waals surface area contributed by atoms with Gasteiger partial charge in [0, 0.05) is 40.7 Å². The van der Waals surface area contributed by atoms with Crippen LogP contribution < -0.4 is 10.2 Å². The molecule has 6 atom stereocenters. The maximum Gasteiger partial charge on any atom is 0.159 e. The lowest BCUT2D eigenvalue weighted by Gasteiger charge is -2.41. The molecule has 1 fully saturated rings. The Kier molecular flexibility index (Phi) is 8.89. The van der Waals surface area contributed by atoms with Gasteiger partial charge in [-0.2, -0.15) is 0 Å². The Hall–Kier alpha value is -7.24. The standard InChI is InChI=1S/C59H49N5/c1-3-16-38(17-4-1)41-23-15-24-45(34-41)59-61-57(39-18-5-2-6-19-39)60-58(62-59)40-30-32-46(33-31-40)63-52-28-13-12-27-49(52)51-36-44-22-9-10-25-47(44)55(56(51)63)64-53-29-14-11-26-48(53)50-35-42-20-7-8-21-43(42)37-54(50)64/h1-12,14-21,23-27,29-30,32,34-37,44,48-49,52-53,57H,13,22,28,31,33H2,(H,60,61,62). The molecule has 5 heteroatoms. The highest BCUT2D eigenvalue weighted by atomic mass is 15.3. The van der Waals surface area contributed by atoms with Gasteiger partial charge in [-0.25, -0.2) is 9.98 Å². The number of anilines is 1. The van der Waals surface area contributed by atoms with Gasteiger partial charge in [0.05, 0.1) is 17.4 Å². The number of hydrogen-bond donors (Lipinski definition) is 1. The number of amidine groups is 2. The summed E-state index contributed by atoms with van der Waals surface area (Å²) in [5.41, 5.74) is 15.6. The van der Waals surface area contributed by atoms with Gasteiger partial charge in [0.15, 0.2) is 5.84 Å². The SMILES string of the molecule is C1=CCC2C=C3C(=C(N4c5cc6ccccc6cc5C5C=CC=CC54)C2=C1)N(C1=CC=C(C2=NC(c4cccc(-c5ccccc5)c4)=NC(c4ccccc4)N2)CC1)C1CCC=CC31. The Morgan fingerprint density at radius 2 is 1.39 bits per heavy atom. The maximum atomic E-state index is 5.32. The van der Waals surface area contributed by atoms with Crippen molar-refractivity contribution in [3.63, 3.8) is 0 Å². The van der Waals surface area contributed by atoms with Gasteiger partial charge in [0.2, 0.25) is 0 Å². The predicted octanol–water partition coefficient (Wildman–Crippen LogP) is 13.0. The van der Waals surface area contributed by atoms with E-state index >= 15 is 0 Å². The van der Waals surface area contributed by atoms with Crippen molar-refractivity contribution < 1.29 is 0 Å². The topological polar surface area (TPSA) is 43.2 Å². The molecular weight excluding hydrogens is 779 g/mol. The second-order valence-electron chi connectivity index (χ2n) is 18.3. The Morgan fingerprint density at radius 1 is 0.609 bits per heavy atom. The molecule has 13 rings (SSSR count). The zero-order valence-electron chi connectivity index (χ0n) is 35.8. The van der Waals surface area contributed by atoms with E-state index in [1.165, 1.54) is 61.4 Å². The molecule has 310 valence electrons. The fraction of sp³-hybridized carbons (Fsp3) is 0.186. The molecule has 0 amide bonds. The molecule has 0 bridgehead atoms. The summed E-state index contributed by atoms with van der Waals surface area (Å²) in [4.78, 5) is 16.1. The molecule has 1 N–H and O–H groups in total. The molecular formula is C59H49N5. The number of rotatable bonds is 6. The number of hydrogen-bond acceptors (Lipinski definition) is 5. The monoisotopic (exact) mass is 827 g/mol. The Labute approximate surface area is 375 Å². The summed E-state index contributed by atoms with van der Waals surface area (Å²) < 4.78 is 0. The Balaban J connectivity index is 0.937. The highest BCUT2D eigenvalue weighted by Crippen LogP contribution is 2.57. The van der Waals surface area contributed by atoms with E-state index in [2.05, 4.69) is 209 Å². The zero-order chi connectivity index (χ0) is 42.1. The molecule has 6 unspecified atom stereocenters. The maximum absolute atomic E-state index is 5.32. The van der Waals surface area contributed by atoms with Crippen molar-refractivity contribution in [2.45, 2.75) is 56.3 Å². The number of allylic oxidation sites excluding steroid dienone is 12. The minimum Gasteiger partial charge on any atom is -0.344 e. The summed E-state index contributed by atoms with van der Waals surface area (Å²) in [6.07, 6.45) is 33.7. The van der Waals surface area contributed by atoms with Crippen molar-refractivity contribution in [2.24, 2.45) is 21.8 Å². The van der Waals surface area contributed by atoms with Crippen LogP contribution in [0.4, 0.5) is 5.69 Å². The summed E-state index contributed by atoms with van der Waals surface area (Å²) >= 11 is 0. The van der Waals surface area contributed by atoms with Crippen LogP contribution in [0.1, 0.15) is 60.9 Å². The minimum atomic E-state index is -0.245. The molecule has 8 aliphatic rings. The van der Waals surface area contributed by atoms with Crippen molar-refractivity contribution >= 4 is 28.1 Å².